The van der Waals surface area contributed by atoms with Gasteiger partial charge in [0.2, 0.25) is 5.76 Å². The lowest BCUT2D eigenvalue weighted by molar-refractivity contribution is 0.0903. The topological polar surface area (TPSA) is 110 Å². The molecule has 4 rings (SSSR count). The predicted molar refractivity (Wildman–Crippen MR) is 90.7 cm³/mol. The van der Waals surface area contributed by atoms with E-state index in [1.54, 1.807) is 6.92 Å². The molecule has 2 aliphatic rings. The van der Waals surface area contributed by atoms with E-state index in [1.807, 2.05) is 0 Å². The summed E-state index contributed by atoms with van der Waals surface area (Å²) in [6.45, 7) is 1.73. The number of carbonyl (C=O) groups is 2. The fraction of sp³-hybridized carbons (Fsp3) is 0.556. The second kappa shape index (κ2) is 6.93. The second-order valence-electron chi connectivity index (χ2n) is 7.07. The summed E-state index contributed by atoms with van der Waals surface area (Å²) in [7, 11) is 0. The lowest BCUT2D eigenvalue weighted by Gasteiger charge is -2.22. The molecule has 1 fully saturated rings. The maximum absolute atomic E-state index is 12.5. The Morgan fingerprint density at radius 1 is 1.12 bits per heavy atom. The number of hydrogen-bond donors (Lipinski definition) is 2. The van der Waals surface area contributed by atoms with Crippen LogP contribution in [-0.2, 0) is 12.8 Å². The molecule has 0 aromatic carbocycles. The number of carbonyl (C=O) groups excluding carboxylic acids is 2. The van der Waals surface area contributed by atoms with Crippen LogP contribution in [0.3, 0.4) is 0 Å². The van der Waals surface area contributed by atoms with Crippen LogP contribution in [0.5, 0.6) is 0 Å². The molecular weight excluding hydrogens is 336 g/mol. The summed E-state index contributed by atoms with van der Waals surface area (Å²) in [6.07, 6.45) is 7.47. The van der Waals surface area contributed by atoms with Crippen LogP contribution in [0.2, 0.25) is 0 Å². The molecular formula is C18H22N4O4. The van der Waals surface area contributed by atoms with Gasteiger partial charge in [0.15, 0.2) is 12.1 Å². The van der Waals surface area contributed by atoms with Gasteiger partial charge >= 0.3 is 0 Å². The minimum atomic E-state index is -0.290. The Morgan fingerprint density at radius 3 is 2.62 bits per heavy atom. The fourth-order valence-electron chi connectivity index (χ4n) is 3.80. The number of aryl methyl sites for hydroxylation is 2. The third-order valence-electron chi connectivity index (χ3n) is 5.23. The summed E-state index contributed by atoms with van der Waals surface area (Å²) in [5.41, 5.74) is 1.70. The smallest absolute Gasteiger partial charge is 0.289 e. The first-order valence-corrected chi connectivity index (χ1v) is 9.11. The number of nitrogens with one attached hydrogen (secondary N) is 2. The molecule has 8 heteroatoms. The molecule has 2 aliphatic carbocycles. The monoisotopic (exact) mass is 358 g/mol. The van der Waals surface area contributed by atoms with Crippen molar-refractivity contribution in [2.75, 3.05) is 0 Å². The summed E-state index contributed by atoms with van der Waals surface area (Å²) < 4.78 is 10.5. The maximum atomic E-state index is 12.5. The van der Waals surface area contributed by atoms with E-state index in [2.05, 4.69) is 20.8 Å². The molecule has 0 spiro atoms. The van der Waals surface area contributed by atoms with Gasteiger partial charge in [-0.05, 0) is 32.6 Å². The first-order valence-electron chi connectivity index (χ1n) is 9.11. The van der Waals surface area contributed by atoms with Crippen LogP contribution >= 0.6 is 0 Å². The van der Waals surface area contributed by atoms with Crippen molar-refractivity contribution in [1.29, 1.82) is 0 Å². The Labute approximate surface area is 150 Å². The van der Waals surface area contributed by atoms with Gasteiger partial charge < -0.3 is 19.6 Å². The molecule has 0 bridgehead atoms. The van der Waals surface area contributed by atoms with E-state index in [-0.39, 0.29) is 29.7 Å². The van der Waals surface area contributed by atoms with Gasteiger partial charge in [-0.2, -0.15) is 0 Å². The highest BCUT2D eigenvalue weighted by Crippen LogP contribution is 2.26. The van der Waals surface area contributed by atoms with Crippen LogP contribution in [0.15, 0.2) is 15.3 Å². The zero-order valence-electron chi connectivity index (χ0n) is 14.7. The summed E-state index contributed by atoms with van der Waals surface area (Å²) in [4.78, 5) is 28.8. The van der Waals surface area contributed by atoms with Crippen molar-refractivity contribution in [3.8, 4) is 0 Å². The van der Waals surface area contributed by atoms with Crippen LogP contribution in [0.4, 0.5) is 0 Å². The molecule has 8 nitrogen and oxygen atoms in total. The Balaban J connectivity index is 1.44. The third kappa shape index (κ3) is 3.23. The van der Waals surface area contributed by atoms with E-state index in [1.165, 1.54) is 6.39 Å². The Hall–Kier alpha value is -2.64. The number of rotatable bonds is 4. The summed E-state index contributed by atoms with van der Waals surface area (Å²) in [5.74, 6) is 0.491. The van der Waals surface area contributed by atoms with E-state index in [0.717, 1.165) is 43.4 Å². The van der Waals surface area contributed by atoms with Crippen LogP contribution in [0.1, 0.15) is 70.2 Å². The third-order valence-corrected chi connectivity index (χ3v) is 5.23. The van der Waals surface area contributed by atoms with Gasteiger partial charge in [0.1, 0.15) is 5.76 Å². The van der Waals surface area contributed by atoms with Crippen molar-refractivity contribution in [3.05, 3.63) is 34.9 Å². The molecule has 0 aliphatic heterocycles. The molecule has 2 aromatic rings. The summed E-state index contributed by atoms with van der Waals surface area (Å²) >= 11 is 0. The number of amides is 2. The van der Waals surface area contributed by atoms with Crippen molar-refractivity contribution in [1.82, 2.24) is 20.8 Å². The Bertz CT molecular complexity index is 819. The standard InChI is InChI=1S/C18H22N4O4/c1-10-16(25-9-19-10)18(24)21-12-6-7-14-13(8-12)15(22-26-14)17(23)20-11-4-2-3-5-11/h9,11-12H,2-8H2,1H3,(H,20,23)(H,21,24). The second-order valence-corrected chi connectivity index (χ2v) is 7.07. The minimum Gasteiger partial charge on any atom is -0.438 e. The van der Waals surface area contributed by atoms with Gasteiger partial charge in [0.25, 0.3) is 11.8 Å². The lowest BCUT2D eigenvalue weighted by Crippen LogP contribution is -2.40. The van der Waals surface area contributed by atoms with E-state index < -0.39 is 0 Å². The number of hydrogen-bond acceptors (Lipinski definition) is 6. The molecule has 2 heterocycles. The van der Waals surface area contributed by atoms with Crippen LogP contribution in [0.25, 0.3) is 0 Å². The number of oxazole rings is 1. The van der Waals surface area contributed by atoms with Crippen molar-refractivity contribution in [2.45, 2.75) is 64.0 Å². The van der Waals surface area contributed by atoms with E-state index in [4.69, 9.17) is 8.94 Å². The first kappa shape index (κ1) is 16.8. The molecule has 0 radical (unpaired) electrons. The largest absolute Gasteiger partial charge is 0.438 e. The lowest BCUT2D eigenvalue weighted by atomic mass is 9.91. The minimum absolute atomic E-state index is 0.100. The molecule has 2 N–H and O–H groups in total. The number of fused-ring (bicyclic) bond motifs is 1. The summed E-state index contributed by atoms with van der Waals surface area (Å²) in [6, 6.07) is 0.125. The van der Waals surface area contributed by atoms with Gasteiger partial charge in [-0.15, -0.1) is 0 Å². The number of aromatic nitrogens is 2. The molecule has 1 unspecified atom stereocenters. The Kier molecular flexibility index (Phi) is 4.48. The average molecular weight is 358 g/mol. The average Bonchev–Trinajstić information content (AvgIpc) is 3.35. The molecule has 2 aromatic heterocycles. The van der Waals surface area contributed by atoms with Crippen LogP contribution in [0, 0.1) is 6.92 Å². The van der Waals surface area contributed by atoms with Gasteiger partial charge in [0.05, 0.1) is 5.69 Å². The van der Waals surface area contributed by atoms with Crippen molar-refractivity contribution in [2.24, 2.45) is 0 Å². The molecule has 1 saturated carbocycles. The van der Waals surface area contributed by atoms with Crippen molar-refractivity contribution < 1.29 is 18.5 Å². The zero-order chi connectivity index (χ0) is 18.1. The van der Waals surface area contributed by atoms with Crippen LogP contribution in [-0.4, -0.2) is 34.0 Å². The normalized spacial score (nSPS) is 20.0. The molecule has 1 atom stereocenters. The zero-order valence-corrected chi connectivity index (χ0v) is 14.7. The molecule has 2 amide bonds. The highest BCUT2D eigenvalue weighted by molar-refractivity contribution is 5.94. The van der Waals surface area contributed by atoms with E-state index in [9.17, 15) is 9.59 Å². The van der Waals surface area contributed by atoms with Gasteiger partial charge in [-0.25, -0.2) is 4.98 Å². The van der Waals surface area contributed by atoms with Crippen molar-refractivity contribution >= 4 is 11.8 Å². The summed E-state index contributed by atoms with van der Waals surface area (Å²) in [5, 5.41) is 9.99. The predicted octanol–water partition coefficient (Wildman–Crippen LogP) is 1.93. The SMILES string of the molecule is Cc1ncoc1C(=O)NC1CCc2onc(C(=O)NC3CCCC3)c2C1. The fourth-order valence-corrected chi connectivity index (χ4v) is 3.80. The quantitative estimate of drug-likeness (QED) is 0.864. The van der Waals surface area contributed by atoms with Crippen molar-refractivity contribution in [3.63, 3.8) is 0 Å². The van der Waals surface area contributed by atoms with E-state index in [0.29, 0.717) is 24.2 Å². The van der Waals surface area contributed by atoms with Gasteiger partial charge in [-0.3, -0.25) is 9.59 Å². The first-order chi connectivity index (χ1) is 12.6. The van der Waals surface area contributed by atoms with Gasteiger partial charge in [-0.1, -0.05) is 18.0 Å². The highest BCUT2D eigenvalue weighted by Gasteiger charge is 2.31. The molecule has 26 heavy (non-hydrogen) atoms. The molecule has 138 valence electrons. The Morgan fingerprint density at radius 2 is 1.88 bits per heavy atom. The van der Waals surface area contributed by atoms with E-state index >= 15 is 0 Å². The van der Waals surface area contributed by atoms with Gasteiger partial charge in [0, 0.05) is 24.1 Å². The van der Waals surface area contributed by atoms with Crippen LogP contribution < -0.4 is 10.6 Å². The molecule has 0 saturated heterocycles. The maximum Gasteiger partial charge on any atom is 0.289 e. The number of nitrogens with zero attached hydrogens (tertiary/aromatic N) is 2. The highest BCUT2D eigenvalue weighted by atomic mass is 16.5.